The van der Waals surface area contributed by atoms with E-state index in [9.17, 15) is 20.4 Å². The van der Waals surface area contributed by atoms with Crippen molar-refractivity contribution in [3.05, 3.63) is 59.2 Å². The monoisotopic (exact) mass is 418 g/mol. The molecule has 0 radical (unpaired) electrons. The topological polar surface area (TPSA) is 118 Å². The van der Waals surface area contributed by atoms with E-state index in [0.29, 0.717) is 17.1 Å². The normalized spacial score (nSPS) is 31.0. The third-order valence-corrected chi connectivity index (χ3v) is 5.52. The molecule has 8 heteroatoms. The first kappa shape index (κ1) is 21.0. The minimum Gasteiger partial charge on any atom is -0.467 e. The van der Waals surface area contributed by atoms with E-state index in [-0.39, 0.29) is 6.79 Å². The molecule has 0 aromatic heterocycles. The molecule has 2 aromatic rings. The fourth-order valence-electron chi connectivity index (χ4n) is 3.74. The third kappa shape index (κ3) is 3.90. The van der Waals surface area contributed by atoms with Gasteiger partial charge in [-0.1, -0.05) is 37.3 Å². The van der Waals surface area contributed by atoms with E-state index in [1.54, 1.807) is 18.2 Å². The van der Waals surface area contributed by atoms with Gasteiger partial charge in [0, 0.05) is 0 Å². The Morgan fingerprint density at radius 3 is 2.47 bits per heavy atom. The van der Waals surface area contributed by atoms with Crippen LogP contribution in [0.5, 0.6) is 11.5 Å². The average Bonchev–Trinajstić information content (AvgIpc) is 2.79. The molecule has 1 fully saturated rings. The quantitative estimate of drug-likeness (QED) is 0.565. The van der Waals surface area contributed by atoms with E-state index < -0.39 is 43.4 Å². The molecule has 30 heavy (non-hydrogen) atoms. The standard InChI is InChI=1S/C22H26O8/c1-2-12-6-8-13(9-7-12)21-17-14(27-11-28-21)4-3-5-15(17)29-22-20(26)19(25)18(24)16(10-23)30-22/h3-9,16,18-26H,2,10-11H2,1H3/t16?,18?,19?,20?,21-,22?/m0/s1. The molecule has 5 unspecified atom stereocenters. The van der Waals surface area contributed by atoms with Crippen molar-refractivity contribution in [1.82, 2.24) is 0 Å². The van der Waals surface area contributed by atoms with E-state index in [2.05, 4.69) is 6.92 Å². The van der Waals surface area contributed by atoms with Crippen molar-refractivity contribution in [3.63, 3.8) is 0 Å². The van der Waals surface area contributed by atoms with Gasteiger partial charge in [0.1, 0.15) is 42.0 Å². The second kappa shape index (κ2) is 8.89. The van der Waals surface area contributed by atoms with Gasteiger partial charge in [0.05, 0.1) is 12.2 Å². The number of benzene rings is 2. The zero-order chi connectivity index (χ0) is 21.3. The molecule has 162 valence electrons. The highest BCUT2D eigenvalue weighted by Gasteiger charge is 2.45. The zero-order valence-corrected chi connectivity index (χ0v) is 16.5. The van der Waals surface area contributed by atoms with Crippen LogP contribution >= 0.6 is 0 Å². The fourth-order valence-corrected chi connectivity index (χ4v) is 3.74. The fraction of sp³-hybridized carbons (Fsp3) is 0.455. The van der Waals surface area contributed by atoms with Crippen molar-refractivity contribution >= 4 is 0 Å². The van der Waals surface area contributed by atoms with Gasteiger partial charge in [-0.05, 0) is 29.7 Å². The first-order chi connectivity index (χ1) is 14.5. The molecule has 2 aliphatic heterocycles. The summed E-state index contributed by atoms with van der Waals surface area (Å²) in [5.41, 5.74) is 2.75. The maximum Gasteiger partial charge on any atom is 0.229 e. The molecular weight excluding hydrogens is 392 g/mol. The van der Waals surface area contributed by atoms with Crippen LogP contribution in [0.1, 0.15) is 29.7 Å². The number of aliphatic hydroxyl groups is 4. The van der Waals surface area contributed by atoms with Gasteiger partial charge in [0.2, 0.25) is 6.29 Å². The Morgan fingerprint density at radius 2 is 1.77 bits per heavy atom. The van der Waals surface area contributed by atoms with E-state index in [0.717, 1.165) is 12.0 Å². The Balaban J connectivity index is 1.65. The van der Waals surface area contributed by atoms with E-state index >= 15 is 0 Å². The predicted molar refractivity (Wildman–Crippen MR) is 105 cm³/mol. The predicted octanol–water partition coefficient (Wildman–Crippen LogP) is 0.884. The molecular formula is C22H26O8. The summed E-state index contributed by atoms with van der Waals surface area (Å²) in [7, 11) is 0. The highest BCUT2D eigenvalue weighted by atomic mass is 16.7. The third-order valence-electron chi connectivity index (χ3n) is 5.52. The summed E-state index contributed by atoms with van der Waals surface area (Å²) in [5.74, 6) is 0.925. The zero-order valence-electron chi connectivity index (χ0n) is 16.5. The van der Waals surface area contributed by atoms with Crippen molar-refractivity contribution in [2.24, 2.45) is 0 Å². The first-order valence-electron chi connectivity index (χ1n) is 9.96. The van der Waals surface area contributed by atoms with Gasteiger partial charge in [-0.15, -0.1) is 0 Å². The Morgan fingerprint density at radius 1 is 1.00 bits per heavy atom. The van der Waals surface area contributed by atoms with Crippen LogP contribution in [0, 0.1) is 0 Å². The minimum atomic E-state index is -1.52. The van der Waals surface area contributed by atoms with E-state index in [1.807, 2.05) is 24.3 Å². The number of aryl methyl sites for hydroxylation is 1. The number of fused-ring (bicyclic) bond motifs is 1. The Kier molecular flexibility index (Phi) is 6.24. The van der Waals surface area contributed by atoms with E-state index in [1.165, 1.54) is 5.56 Å². The van der Waals surface area contributed by atoms with Gasteiger partial charge in [0.25, 0.3) is 0 Å². The Bertz CT molecular complexity index is 853. The summed E-state index contributed by atoms with van der Waals surface area (Å²) < 4.78 is 22.9. The van der Waals surface area contributed by atoms with Crippen LogP contribution in [0.25, 0.3) is 0 Å². The number of ether oxygens (including phenoxy) is 4. The number of aliphatic hydroxyl groups excluding tert-OH is 4. The molecule has 4 rings (SSSR count). The largest absolute Gasteiger partial charge is 0.467 e. The van der Waals surface area contributed by atoms with Crippen LogP contribution in [0.2, 0.25) is 0 Å². The maximum atomic E-state index is 10.3. The SMILES string of the molecule is CCc1ccc([C@@H]2OCOc3cccc(OC4OC(CO)C(O)C(O)C4O)c32)cc1. The summed E-state index contributed by atoms with van der Waals surface area (Å²) in [5, 5.41) is 39.7. The summed E-state index contributed by atoms with van der Waals surface area (Å²) in [6.45, 7) is 1.63. The second-order valence-corrected chi connectivity index (χ2v) is 7.39. The summed E-state index contributed by atoms with van der Waals surface area (Å²) in [4.78, 5) is 0. The van der Waals surface area contributed by atoms with Crippen LogP contribution in [0.4, 0.5) is 0 Å². The number of hydrogen-bond donors (Lipinski definition) is 4. The first-order valence-corrected chi connectivity index (χ1v) is 9.96. The van der Waals surface area contributed by atoms with Crippen LogP contribution in [-0.4, -0.2) is 64.5 Å². The van der Waals surface area contributed by atoms with Gasteiger partial charge in [-0.25, -0.2) is 0 Å². The molecule has 8 nitrogen and oxygen atoms in total. The van der Waals surface area contributed by atoms with Gasteiger partial charge in [0.15, 0.2) is 6.79 Å². The molecule has 0 aliphatic carbocycles. The molecule has 6 atom stereocenters. The van der Waals surface area contributed by atoms with Crippen molar-refractivity contribution in [2.75, 3.05) is 13.4 Å². The average molecular weight is 418 g/mol. The highest BCUT2D eigenvalue weighted by Crippen LogP contribution is 2.43. The number of hydrogen-bond acceptors (Lipinski definition) is 8. The Labute approximate surface area is 174 Å². The van der Waals surface area contributed by atoms with Gasteiger partial charge in [-0.2, -0.15) is 0 Å². The highest BCUT2D eigenvalue weighted by molar-refractivity contribution is 5.50. The summed E-state index contributed by atoms with van der Waals surface area (Å²) in [6.07, 6.45) is -6.37. The molecule has 2 aliphatic rings. The van der Waals surface area contributed by atoms with Gasteiger partial charge in [-0.3, -0.25) is 0 Å². The lowest BCUT2D eigenvalue weighted by molar-refractivity contribution is -0.277. The van der Waals surface area contributed by atoms with Crippen LogP contribution in [0.3, 0.4) is 0 Å². The Hall–Kier alpha value is -2.20. The maximum absolute atomic E-state index is 10.3. The molecule has 1 saturated heterocycles. The number of rotatable bonds is 5. The summed E-state index contributed by atoms with van der Waals surface area (Å²) >= 11 is 0. The minimum absolute atomic E-state index is 0.0801. The van der Waals surface area contributed by atoms with Crippen molar-refractivity contribution < 1.29 is 39.4 Å². The molecule has 2 aromatic carbocycles. The molecule has 2 heterocycles. The lowest BCUT2D eigenvalue weighted by Gasteiger charge is -2.40. The molecule has 0 saturated carbocycles. The van der Waals surface area contributed by atoms with Crippen molar-refractivity contribution in [1.29, 1.82) is 0 Å². The van der Waals surface area contributed by atoms with Gasteiger partial charge < -0.3 is 39.4 Å². The molecule has 4 N–H and O–H groups in total. The smallest absolute Gasteiger partial charge is 0.229 e. The van der Waals surface area contributed by atoms with Gasteiger partial charge >= 0.3 is 0 Å². The van der Waals surface area contributed by atoms with Crippen LogP contribution in [0.15, 0.2) is 42.5 Å². The van der Waals surface area contributed by atoms with Crippen LogP contribution < -0.4 is 9.47 Å². The van der Waals surface area contributed by atoms with E-state index in [4.69, 9.17) is 18.9 Å². The second-order valence-electron chi connectivity index (χ2n) is 7.39. The lowest BCUT2D eigenvalue weighted by Crippen LogP contribution is -2.60. The molecule has 0 spiro atoms. The molecule has 0 bridgehead atoms. The van der Waals surface area contributed by atoms with Crippen LogP contribution in [-0.2, 0) is 15.9 Å². The van der Waals surface area contributed by atoms with Crippen molar-refractivity contribution in [3.8, 4) is 11.5 Å². The van der Waals surface area contributed by atoms with Crippen molar-refractivity contribution in [2.45, 2.75) is 50.2 Å². The lowest BCUT2D eigenvalue weighted by atomic mass is 9.97. The summed E-state index contributed by atoms with van der Waals surface area (Å²) in [6, 6.07) is 13.3. The molecule has 0 amide bonds.